The van der Waals surface area contributed by atoms with E-state index in [-0.39, 0.29) is 12.1 Å². The van der Waals surface area contributed by atoms with Crippen LogP contribution in [0.25, 0.3) is 0 Å². The molecule has 0 N–H and O–H groups in total. The van der Waals surface area contributed by atoms with Crippen molar-refractivity contribution in [1.82, 2.24) is 0 Å². The summed E-state index contributed by atoms with van der Waals surface area (Å²) < 4.78 is 0. The molecule has 0 unspecified atom stereocenters. The van der Waals surface area contributed by atoms with Gasteiger partial charge in [-0.1, -0.05) is 76.8 Å². The van der Waals surface area contributed by atoms with Gasteiger partial charge in [-0.2, -0.15) is 4.89 Å². The molecule has 0 bridgehead atoms. The monoisotopic (exact) mass is 332 g/mol. The molecule has 0 radical (unpaired) electrons. The quantitative estimate of drug-likeness (QED) is 0.500. The van der Waals surface area contributed by atoms with Crippen molar-refractivity contribution in [2.75, 3.05) is 0 Å². The summed E-state index contributed by atoms with van der Waals surface area (Å²) in [6, 6.07) is 7.55. The zero-order chi connectivity index (χ0) is 17.0. The van der Waals surface area contributed by atoms with Crippen molar-refractivity contribution in [3.8, 4) is 0 Å². The summed E-state index contributed by atoms with van der Waals surface area (Å²) in [5.74, 6) is -0.385. The molecule has 0 aromatic heterocycles. The lowest BCUT2D eigenvalue weighted by atomic mass is 9.99. The van der Waals surface area contributed by atoms with Crippen LogP contribution in [0.15, 0.2) is 24.3 Å². The van der Waals surface area contributed by atoms with Gasteiger partial charge in [0.25, 0.3) is 0 Å². The van der Waals surface area contributed by atoms with Gasteiger partial charge in [-0.25, -0.2) is 4.79 Å². The molecule has 1 aromatic carbocycles. The molecule has 1 saturated carbocycles. The number of carbonyl (C=O) groups is 1. The second-order valence-corrected chi connectivity index (χ2v) is 6.90. The van der Waals surface area contributed by atoms with Crippen molar-refractivity contribution in [3.63, 3.8) is 0 Å². The van der Waals surface area contributed by atoms with Crippen LogP contribution >= 0.6 is 0 Å². The Morgan fingerprint density at radius 1 is 0.875 bits per heavy atom. The highest BCUT2D eigenvalue weighted by atomic mass is 17.2. The Morgan fingerprint density at radius 3 is 1.88 bits per heavy atom. The van der Waals surface area contributed by atoms with Crippen LogP contribution in [0.5, 0.6) is 0 Å². The highest BCUT2D eigenvalue weighted by molar-refractivity contribution is 5.88. The molecule has 134 valence electrons. The van der Waals surface area contributed by atoms with E-state index in [0.29, 0.717) is 5.56 Å². The first-order chi connectivity index (χ1) is 11.8. The SMILES string of the molecule is CCc1ccc(C(=O)OOC2CCCCCCCCCCC2)cc1. The molecule has 3 nitrogen and oxygen atoms in total. The second kappa shape index (κ2) is 11.2. The van der Waals surface area contributed by atoms with Gasteiger partial charge in [0.15, 0.2) is 0 Å². The minimum atomic E-state index is -0.385. The molecule has 0 atom stereocenters. The van der Waals surface area contributed by atoms with Crippen LogP contribution in [-0.4, -0.2) is 12.1 Å². The van der Waals surface area contributed by atoms with Gasteiger partial charge in [-0.3, -0.25) is 4.89 Å². The van der Waals surface area contributed by atoms with Crippen LogP contribution in [0.1, 0.15) is 93.5 Å². The summed E-state index contributed by atoms with van der Waals surface area (Å²) >= 11 is 0. The smallest absolute Gasteiger partial charge is 0.293 e. The topological polar surface area (TPSA) is 35.5 Å². The van der Waals surface area contributed by atoms with Gasteiger partial charge in [-0.15, -0.1) is 0 Å². The fourth-order valence-electron chi connectivity index (χ4n) is 3.26. The summed E-state index contributed by atoms with van der Waals surface area (Å²) in [5, 5.41) is 0. The molecule has 0 amide bonds. The third-order valence-electron chi connectivity index (χ3n) is 4.91. The number of benzene rings is 1. The maximum Gasteiger partial charge on any atom is 0.373 e. The summed E-state index contributed by atoms with van der Waals surface area (Å²) in [6.07, 6.45) is 14.5. The first kappa shape index (κ1) is 19.0. The number of hydrogen-bond donors (Lipinski definition) is 0. The second-order valence-electron chi connectivity index (χ2n) is 6.90. The summed E-state index contributed by atoms with van der Waals surface area (Å²) in [5.41, 5.74) is 1.77. The van der Waals surface area contributed by atoms with E-state index >= 15 is 0 Å². The van der Waals surface area contributed by atoms with Crippen molar-refractivity contribution in [2.45, 2.75) is 90.1 Å². The number of aryl methyl sites for hydroxylation is 1. The van der Waals surface area contributed by atoms with Gasteiger partial charge in [0.2, 0.25) is 0 Å². The minimum absolute atomic E-state index is 0.0447. The highest BCUT2D eigenvalue weighted by Gasteiger charge is 2.15. The lowest BCUT2D eigenvalue weighted by Gasteiger charge is -2.17. The molecule has 0 aliphatic heterocycles. The zero-order valence-corrected chi connectivity index (χ0v) is 15.1. The third kappa shape index (κ3) is 7.04. The molecule has 0 heterocycles. The van der Waals surface area contributed by atoms with Crippen LogP contribution in [0.2, 0.25) is 0 Å². The fourth-order valence-corrected chi connectivity index (χ4v) is 3.26. The van der Waals surface area contributed by atoms with E-state index < -0.39 is 0 Å². The molecule has 1 aromatic rings. The van der Waals surface area contributed by atoms with Crippen LogP contribution in [-0.2, 0) is 16.2 Å². The van der Waals surface area contributed by atoms with Gasteiger partial charge in [0.05, 0.1) is 5.56 Å². The van der Waals surface area contributed by atoms with Crippen molar-refractivity contribution in [3.05, 3.63) is 35.4 Å². The van der Waals surface area contributed by atoms with Gasteiger partial charge in [0, 0.05) is 0 Å². The Kier molecular flexibility index (Phi) is 8.90. The van der Waals surface area contributed by atoms with E-state index in [1.807, 2.05) is 24.3 Å². The highest BCUT2D eigenvalue weighted by Crippen LogP contribution is 2.19. The summed E-state index contributed by atoms with van der Waals surface area (Å²) in [7, 11) is 0. The average Bonchev–Trinajstić information content (AvgIpc) is 2.61. The maximum absolute atomic E-state index is 12.1. The van der Waals surface area contributed by atoms with E-state index in [2.05, 4.69) is 6.92 Å². The van der Waals surface area contributed by atoms with Crippen molar-refractivity contribution >= 4 is 5.97 Å². The molecule has 0 saturated heterocycles. The van der Waals surface area contributed by atoms with Crippen molar-refractivity contribution in [2.24, 2.45) is 0 Å². The fraction of sp³-hybridized carbons (Fsp3) is 0.667. The predicted octanol–water partition coefficient (Wildman–Crippen LogP) is 6.01. The molecule has 3 heteroatoms. The summed E-state index contributed by atoms with van der Waals surface area (Å²) in [6.45, 7) is 2.10. The maximum atomic E-state index is 12.1. The van der Waals surface area contributed by atoms with Gasteiger partial charge < -0.3 is 0 Å². The largest absolute Gasteiger partial charge is 0.373 e. The van der Waals surface area contributed by atoms with Crippen LogP contribution in [0, 0.1) is 0 Å². The third-order valence-corrected chi connectivity index (χ3v) is 4.91. The molecule has 2 rings (SSSR count). The van der Waals surface area contributed by atoms with Gasteiger partial charge >= 0.3 is 5.97 Å². The normalized spacial score (nSPS) is 18.4. The lowest BCUT2D eigenvalue weighted by molar-refractivity contribution is -0.277. The number of rotatable bonds is 4. The van der Waals surface area contributed by atoms with E-state index in [1.54, 1.807) is 0 Å². The standard InChI is InChI=1S/C21H32O3/c1-2-18-14-16-19(17-15-18)21(22)24-23-20-12-10-8-6-4-3-5-7-9-11-13-20/h14-17,20H,2-13H2,1H3. The van der Waals surface area contributed by atoms with Crippen molar-refractivity contribution in [1.29, 1.82) is 0 Å². The molecular formula is C21H32O3. The van der Waals surface area contributed by atoms with Crippen molar-refractivity contribution < 1.29 is 14.6 Å². The number of hydrogen-bond acceptors (Lipinski definition) is 3. The molecule has 0 spiro atoms. The van der Waals surface area contributed by atoms with E-state index in [9.17, 15) is 4.79 Å². The molecule has 1 aliphatic carbocycles. The van der Waals surface area contributed by atoms with Crippen LogP contribution in [0.4, 0.5) is 0 Å². The molecule has 1 fully saturated rings. The van der Waals surface area contributed by atoms with Crippen LogP contribution < -0.4 is 0 Å². The van der Waals surface area contributed by atoms with E-state index in [0.717, 1.165) is 32.1 Å². The van der Waals surface area contributed by atoms with E-state index in [1.165, 1.54) is 50.5 Å². The number of carbonyl (C=O) groups excluding carboxylic acids is 1. The predicted molar refractivity (Wildman–Crippen MR) is 96.9 cm³/mol. The van der Waals surface area contributed by atoms with Gasteiger partial charge in [0.1, 0.15) is 6.10 Å². The Balaban J connectivity index is 1.78. The Hall–Kier alpha value is -1.35. The molecule has 1 aliphatic rings. The average molecular weight is 332 g/mol. The lowest BCUT2D eigenvalue weighted by Crippen LogP contribution is -2.17. The first-order valence-electron chi connectivity index (χ1n) is 9.76. The van der Waals surface area contributed by atoms with Crippen LogP contribution in [0.3, 0.4) is 0 Å². The first-order valence-corrected chi connectivity index (χ1v) is 9.76. The zero-order valence-electron chi connectivity index (χ0n) is 15.1. The molecule has 24 heavy (non-hydrogen) atoms. The Labute approximate surface area is 146 Å². The minimum Gasteiger partial charge on any atom is -0.293 e. The molecular weight excluding hydrogens is 300 g/mol. The Bertz CT molecular complexity index is 454. The van der Waals surface area contributed by atoms with E-state index in [4.69, 9.17) is 9.78 Å². The Morgan fingerprint density at radius 2 is 1.38 bits per heavy atom. The van der Waals surface area contributed by atoms with Gasteiger partial charge in [-0.05, 0) is 37.0 Å². The summed E-state index contributed by atoms with van der Waals surface area (Å²) in [4.78, 5) is 22.8.